The molecule has 5 heterocycles. The van der Waals surface area contributed by atoms with Crippen LogP contribution in [0.2, 0.25) is 0 Å². The molecule has 0 fully saturated rings. The van der Waals surface area contributed by atoms with Crippen LogP contribution in [0.25, 0.3) is 99.5 Å². The Bertz CT molecular complexity index is 5260. The van der Waals surface area contributed by atoms with Crippen LogP contribution in [0.15, 0.2) is 291 Å². The van der Waals surface area contributed by atoms with Crippen molar-refractivity contribution in [3.8, 4) is 67.4 Å². The normalized spacial score (nSPS) is 13.0. The summed E-state index contributed by atoms with van der Waals surface area (Å²) < 4.78 is 12.4. The van der Waals surface area contributed by atoms with Gasteiger partial charge in [-0.05, 0) is 128 Å². The minimum atomic E-state index is -0.308. The first-order valence-electron chi connectivity index (χ1n) is 30.6. The van der Waals surface area contributed by atoms with Crippen LogP contribution in [-0.2, 0) is 5.41 Å². The number of hydrogen-bond acceptors (Lipinski definition) is 3. The highest BCUT2D eigenvalue weighted by atomic mass is 16.5. The van der Waals surface area contributed by atoms with Gasteiger partial charge in [0.25, 0.3) is 6.71 Å². The molecule has 88 heavy (non-hydrogen) atoms. The van der Waals surface area contributed by atoms with Crippen LogP contribution in [0.5, 0.6) is 11.5 Å². The summed E-state index contributed by atoms with van der Waals surface area (Å²) in [6.07, 6.45) is 0. The van der Waals surface area contributed by atoms with E-state index in [2.05, 4.69) is 331 Å². The Labute approximate surface area is 511 Å². The van der Waals surface area contributed by atoms with E-state index in [1.54, 1.807) is 0 Å². The number of rotatable bonds is 5. The van der Waals surface area contributed by atoms with Gasteiger partial charge in [-0.1, -0.05) is 233 Å². The number of nitrogens with zero attached hydrogens (tertiary/aromatic N) is 4. The van der Waals surface area contributed by atoms with E-state index in [0.29, 0.717) is 0 Å². The lowest BCUT2D eigenvalue weighted by atomic mass is 9.33. The smallest absolute Gasteiger partial charge is 0.252 e. The van der Waals surface area contributed by atoms with Crippen LogP contribution in [0.4, 0.5) is 34.1 Å². The number of ether oxygens (including phenoxy) is 1. The molecule has 0 amide bonds. The van der Waals surface area contributed by atoms with Crippen molar-refractivity contribution in [3.05, 3.63) is 297 Å². The first-order valence-corrected chi connectivity index (χ1v) is 30.6. The lowest BCUT2D eigenvalue weighted by molar-refractivity contribution is 0.486. The van der Waals surface area contributed by atoms with E-state index >= 15 is 0 Å². The Morgan fingerprint density at radius 2 is 0.761 bits per heavy atom. The highest BCUT2D eigenvalue weighted by molar-refractivity contribution is 7.00. The van der Waals surface area contributed by atoms with Crippen molar-refractivity contribution in [1.82, 2.24) is 9.13 Å². The fraction of sp³-hybridized carbons (Fsp3) is 0.0488. The van der Waals surface area contributed by atoms with E-state index in [1.165, 1.54) is 60.1 Å². The number of anilines is 6. The number of fused-ring (bicyclic) bond motifs is 16. The fourth-order valence-electron chi connectivity index (χ4n) is 15.0. The first-order chi connectivity index (χ1) is 43.3. The number of hydrogen-bond donors (Lipinski definition) is 0. The third-order valence-corrected chi connectivity index (χ3v) is 18.8. The Kier molecular flexibility index (Phi) is 11.0. The first kappa shape index (κ1) is 50.3. The molecular weight excluding hydrogens is 1070 g/mol. The molecule has 15 aromatic rings. The summed E-state index contributed by atoms with van der Waals surface area (Å²) in [5.74, 6) is 1.60. The maximum atomic E-state index is 7.37. The molecule has 0 saturated carbocycles. The van der Waals surface area contributed by atoms with Crippen LogP contribution in [0, 0.1) is 0 Å². The molecule has 6 heteroatoms. The van der Waals surface area contributed by atoms with E-state index in [9.17, 15) is 0 Å². The van der Waals surface area contributed by atoms with Gasteiger partial charge in [-0.2, -0.15) is 0 Å². The molecule has 2 aromatic heterocycles. The Hall–Kier alpha value is -11.1. The zero-order chi connectivity index (χ0) is 58.4. The summed E-state index contributed by atoms with van der Waals surface area (Å²) in [6, 6.07) is 108. The van der Waals surface area contributed by atoms with Crippen molar-refractivity contribution >= 4 is 101 Å². The molecule has 0 unspecified atom stereocenters. The lowest BCUT2D eigenvalue weighted by Gasteiger charge is -2.47. The quantitative estimate of drug-likeness (QED) is 0.161. The SMILES string of the molecule is CC(C)(C)c1cccc2c1N1c3cc(-n4c5ccccc5c5ccccc54)cc4c3B(c3ccc(-n5c6ccccc6c6ccccc65)cc3N4c3ccc(-c4ccccc4)cc3)c3cc(-c4ccccc4)cc(c31)-c1ccccc1Oc1ccccc1-2. The van der Waals surface area contributed by atoms with Gasteiger partial charge >= 0.3 is 0 Å². The molecule has 0 radical (unpaired) electrons. The molecule has 0 atom stereocenters. The second kappa shape index (κ2) is 19.2. The summed E-state index contributed by atoms with van der Waals surface area (Å²) in [5, 5.41) is 4.88. The summed E-state index contributed by atoms with van der Waals surface area (Å²) in [5.41, 5.74) is 27.0. The van der Waals surface area contributed by atoms with Crippen molar-refractivity contribution in [2.24, 2.45) is 0 Å². The van der Waals surface area contributed by atoms with Crippen LogP contribution in [0.1, 0.15) is 26.3 Å². The van der Waals surface area contributed by atoms with Crippen LogP contribution in [-0.4, -0.2) is 15.8 Å². The van der Waals surface area contributed by atoms with Gasteiger partial charge in [0.1, 0.15) is 11.5 Å². The minimum Gasteiger partial charge on any atom is -0.456 e. The van der Waals surface area contributed by atoms with Crippen molar-refractivity contribution in [2.45, 2.75) is 26.2 Å². The highest BCUT2D eigenvalue weighted by Crippen LogP contribution is 2.56. The van der Waals surface area contributed by atoms with Gasteiger partial charge in [0.15, 0.2) is 0 Å². The number of para-hydroxylation sites is 7. The summed E-state index contributed by atoms with van der Waals surface area (Å²) in [4.78, 5) is 5.30. The zero-order valence-corrected chi connectivity index (χ0v) is 49.0. The van der Waals surface area contributed by atoms with Gasteiger partial charge in [-0.15, -0.1) is 0 Å². The molecule has 414 valence electrons. The molecule has 0 saturated heterocycles. The predicted octanol–water partition coefficient (Wildman–Crippen LogP) is 20.0. The van der Waals surface area contributed by atoms with E-state index in [-0.39, 0.29) is 12.1 Å². The molecule has 0 spiro atoms. The summed E-state index contributed by atoms with van der Waals surface area (Å²) >= 11 is 0. The predicted molar refractivity (Wildman–Crippen MR) is 370 cm³/mol. The van der Waals surface area contributed by atoms with Crippen molar-refractivity contribution in [1.29, 1.82) is 0 Å². The van der Waals surface area contributed by atoms with Crippen molar-refractivity contribution in [2.75, 3.05) is 9.80 Å². The van der Waals surface area contributed by atoms with E-state index in [0.717, 1.165) is 107 Å². The molecular formula is C82H57BN4O. The monoisotopic (exact) mass is 1120 g/mol. The number of benzene rings is 13. The van der Waals surface area contributed by atoms with Gasteiger partial charge < -0.3 is 23.7 Å². The maximum Gasteiger partial charge on any atom is 0.252 e. The standard InChI is InChI=1S/C82H57BN4O/c1-82(2,3)67-34-22-33-65-63-31-14-20-39-77(63)88-78-40-21-15-32-64(78)66-47-55(53-25-8-5-9-26-53)48-69-81(66)87(80(65)67)76-51-58(86-72-37-18-12-29-61(72)62-30-13-19-38-73(62)86)50-75-79(76)83(69)68-46-45-57(85-70-35-16-10-27-59(70)60-28-11-17-36-71(60)85)49-74(68)84(75)56-43-41-54(42-44-56)52-23-6-4-7-24-52/h4-51H,1-3H3. The van der Waals surface area contributed by atoms with Gasteiger partial charge in [0.2, 0.25) is 0 Å². The number of aromatic nitrogens is 2. The summed E-state index contributed by atoms with van der Waals surface area (Å²) in [7, 11) is 0. The second-order valence-corrected chi connectivity index (χ2v) is 24.8. The highest BCUT2D eigenvalue weighted by Gasteiger charge is 2.47. The molecule has 18 rings (SSSR count). The third-order valence-electron chi connectivity index (χ3n) is 18.8. The average molecular weight is 1130 g/mol. The molecule has 3 aliphatic heterocycles. The van der Waals surface area contributed by atoms with Crippen LogP contribution >= 0.6 is 0 Å². The van der Waals surface area contributed by atoms with Gasteiger partial charge in [-0.25, -0.2) is 0 Å². The Morgan fingerprint density at radius 1 is 0.307 bits per heavy atom. The van der Waals surface area contributed by atoms with E-state index < -0.39 is 0 Å². The fourth-order valence-corrected chi connectivity index (χ4v) is 15.0. The third kappa shape index (κ3) is 7.48. The molecule has 3 aliphatic rings. The lowest BCUT2D eigenvalue weighted by Crippen LogP contribution is -2.61. The van der Waals surface area contributed by atoms with Gasteiger partial charge in [0, 0.05) is 77.9 Å². The molecule has 0 bridgehead atoms. The summed E-state index contributed by atoms with van der Waals surface area (Å²) in [6.45, 7) is 6.84. The molecule has 5 nitrogen and oxygen atoms in total. The largest absolute Gasteiger partial charge is 0.456 e. The molecule has 0 aliphatic carbocycles. The van der Waals surface area contributed by atoms with E-state index in [4.69, 9.17) is 4.74 Å². The molecule has 0 N–H and O–H groups in total. The second-order valence-electron chi connectivity index (χ2n) is 24.8. The Balaban J connectivity index is 1.04. The zero-order valence-electron chi connectivity index (χ0n) is 49.0. The average Bonchev–Trinajstić information content (AvgIpc) is 0.757. The van der Waals surface area contributed by atoms with E-state index in [1.807, 2.05) is 0 Å². The minimum absolute atomic E-state index is 0.249. The van der Waals surface area contributed by atoms with Gasteiger partial charge in [-0.3, -0.25) is 0 Å². The van der Waals surface area contributed by atoms with Gasteiger partial charge in [0.05, 0.1) is 33.4 Å². The maximum absolute atomic E-state index is 7.37. The van der Waals surface area contributed by atoms with Crippen molar-refractivity contribution < 1.29 is 4.74 Å². The van der Waals surface area contributed by atoms with Crippen LogP contribution < -0.4 is 30.9 Å². The van der Waals surface area contributed by atoms with Crippen LogP contribution in [0.3, 0.4) is 0 Å². The topological polar surface area (TPSA) is 25.6 Å². The van der Waals surface area contributed by atoms with Crippen molar-refractivity contribution in [3.63, 3.8) is 0 Å². The molecule has 13 aromatic carbocycles. The Morgan fingerprint density at radius 3 is 1.34 bits per heavy atom.